The molecule has 1 saturated heterocycles. The van der Waals surface area contributed by atoms with Gasteiger partial charge in [-0.25, -0.2) is 18.0 Å². The number of benzene rings is 1. The highest BCUT2D eigenvalue weighted by atomic mass is 19.2. The van der Waals surface area contributed by atoms with Crippen LogP contribution in [0.15, 0.2) is 12.1 Å². The quantitative estimate of drug-likeness (QED) is 0.670. The molecule has 1 amide bonds. The van der Waals surface area contributed by atoms with Crippen LogP contribution in [0.25, 0.3) is 11.3 Å². The monoisotopic (exact) mass is 393 g/mol. The van der Waals surface area contributed by atoms with E-state index >= 15 is 0 Å². The number of aromatic nitrogens is 2. The highest BCUT2D eigenvalue weighted by Gasteiger charge is 2.47. The lowest BCUT2D eigenvalue weighted by Gasteiger charge is -2.35. The molecule has 2 aliphatic rings. The molecule has 8 heteroatoms. The first-order valence-corrected chi connectivity index (χ1v) is 9.29. The average molecular weight is 393 g/mol. The molecular formula is C20H22F3N3O2. The highest BCUT2D eigenvalue weighted by molar-refractivity contribution is 5.72. The summed E-state index contributed by atoms with van der Waals surface area (Å²) in [6, 6.07) is 1.67. The number of aryl methyl sites for hydroxylation is 1. The molecule has 0 radical (unpaired) electrons. The predicted octanol–water partition coefficient (Wildman–Crippen LogP) is 4.50. The molecule has 0 aliphatic carbocycles. The molecule has 0 spiro atoms. The molecule has 2 atom stereocenters. The number of carbonyl (C=O) groups excluding carboxylic acids is 1. The van der Waals surface area contributed by atoms with Crippen LogP contribution >= 0.6 is 0 Å². The fourth-order valence-electron chi connectivity index (χ4n) is 4.29. The number of amides is 1. The zero-order chi connectivity index (χ0) is 20.4. The number of hydrogen-bond acceptors (Lipinski definition) is 3. The molecule has 0 N–H and O–H groups in total. The molecule has 0 saturated carbocycles. The van der Waals surface area contributed by atoms with Gasteiger partial charge in [-0.05, 0) is 52.2 Å². The Bertz CT molecular complexity index is 941. The number of fused-ring (bicyclic) bond motifs is 4. The number of nitrogens with zero attached hydrogens (tertiary/aromatic N) is 3. The SMILES string of the molecule is Cn1nc2c(c1-c1cc(F)c(F)c(F)c1)C[C@H]1CC[C@@H]2N1C(=O)OC(C)(C)C. The van der Waals surface area contributed by atoms with E-state index < -0.39 is 23.1 Å². The number of hydrogen-bond donors (Lipinski definition) is 0. The first kappa shape index (κ1) is 18.8. The molecule has 2 aliphatic heterocycles. The summed E-state index contributed by atoms with van der Waals surface area (Å²) in [7, 11) is 1.68. The van der Waals surface area contributed by atoms with Crippen molar-refractivity contribution in [2.45, 2.75) is 57.7 Å². The van der Waals surface area contributed by atoms with Gasteiger partial charge in [0.05, 0.1) is 17.4 Å². The molecule has 2 bridgehead atoms. The number of halogens is 3. The van der Waals surface area contributed by atoms with Crippen molar-refractivity contribution < 1.29 is 22.7 Å². The summed E-state index contributed by atoms with van der Waals surface area (Å²) in [4.78, 5) is 14.4. The molecule has 5 nitrogen and oxygen atoms in total. The summed E-state index contributed by atoms with van der Waals surface area (Å²) in [5.74, 6) is -3.96. The van der Waals surface area contributed by atoms with Crippen LogP contribution in [0.4, 0.5) is 18.0 Å². The van der Waals surface area contributed by atoms with E-state index in [0.717, 1.165) is 30.5 Å². The van der Waals surface area contributed by atoms with Crippen LogP contribution in [0, 0.1) is 17.5 Å². The van der Waals surface area contributed by atoms with Crippen LogP contribution in [-0.4, -0.2) is 32.4 Å². The van der Waals surface area contributed by atoms with E-state index in [-0.39, 0.29) is 23.7 Å². The number of carbonyl (C=O) groups is 1. The second-order valence-electron chi connectivity index (χ2n) is 8.43. The van der Waals surface area contributed by atoms with Crippen LogP contribution < -0.4 is 0 Å². The summed E-state index contributed by atoms with van der Waals surface area (Å²) < 4.78 is 48.0. The summed E-state index contributed by atoms with van der Waals surface area (Å²) in [6.07, 6.45) is 1.68. The van der Waals surface area contributed by atoms with Gasteiger partial charge in [-0.3, -0.25) is 9.58 Å². The molecular weight excluding hydrogens is 371 g/mol. The maximum absolute atomic E-state index is 13.8. The maximum atomic E-state index is 13.8. The van der Waals surface area contributed by atoms with Crippen molar-refractivity contribution in [3.05, 3.63) is 40.8 Å². The van der Waals surface area contributed by atoms with Gasteiger partial charge in [-0.2, -0.15) is 5.10 Å². The standard InChI is InChI=1S/C20H22F3N3O2/c1-20(2,3)28-19(27)26-11-5-6-15(26)17-12(9-11)18(25(4)24-17)10-7-13(21)16(23)14(22)8-10/h7-8,11,15H,5-6,9H2,1-4H3/t11-,15+/m1/s1. The normalized spacial score (nSPS) is 21.0. The van der Waals surface area contributed by atoms with Gasteiger partial charge in [0.2, 0.25) is 0 Å². The van der Waals surface area contributed by atoms with Gasteiger partial charge in [0.25, 0.3) is 0 Å². The second-order valence-corrected chi connectivity index (χ2v) is 8.43. The Morgan fingerprint density at radius 1 is 1.18 bits per heavy atom. The molecule has 4 rings (SSSR count). The van der Waals surface area contributed by atoms with E-state index in [1.165, 1.54) is 0 Å². The van der Waals surface area contributed by atoms with Crippen molar-refractivity contribution in [2.24, 2.45) is 7.05 Å². The van der Waals surface area contributed by atoms with Gasteiger partial charge >= 0.3 is 6.09 Å². The predicted molar refractivity (Wildman–Crippen MR) is 96.1 cm³/mol. The van der Waals surface area contributed by atoms with Crippen molar-refractivity contribution >= 4 is 6.09 Å². The topological polar surface area (TPSA) is 47.4 Å². The van der Waals surface area contributed by atoms with E-state index in [0.29, 0.717) is 17.8 Å². The van der Waals surface area contributed by atoms with E-state index in [2.05, 4.69) is 5.10 Å². The minimum atomic E-state index is -1.49. The van der Waals surface area contributed by atoms with Gasteiger partial charge in [0.15, 0.2) is 17.5 Å². The minimum absolute atomic E-state index is 0.0644. The zero-order valence-corrected chi connectivity index (χ0v) is 16.2. The Balaban J connectivity index is 1.75. The van der Waals surface area contributed by atoms with Crippen LogP contribution in [0.1, 0.15) is 50.9 Å². The largest absolute Gasteiger partial charge is 0.444 e. The third-order valence-electron chi connectivity index (χ3n) is 5.30. The third-order valence-corrected chi connectivity index (χ3v) is 5.30. The smallest absolute Gasteiger partial charge is 0.411 e. The Morgan fingerprint density at radius 3 is 2.43 bits per heavy atom. The lowest BCUT2D eigenvalue weighted by Crippen LogP contribution is -2.44. The Kier molecular flexibility index (Phi) is 4.21. The van der Waals surface area contributed by atoms with Gasteiger partial charge in [0.1, 0.15) is 5.60 Å². The van der Waals surface area contributed by atoms with Crippen molar-refractivity contribution in [1.82, 2.24) is 14.7 Å². The second kappa shape index (κ2) is 6.25. The van der Waals surface area contributed by atoms with Crippen molar-refractivity contribution in [3.63, 3.8) is 0 Å². The first-order valence-electron chi connectivity index (χ1n) is 9.29. The maximum Gasteiger partial charge on any atom is 0.411 e. The Labute approximate surface area is 161 Å². The Hall–Kier alpha value is -2.51. The van der Waals surface area contributed by atoms with Crippen molar-refractivity contribution in [3.8, 4) is 11.3 Å². The van der Waals surface area contributed by atoms with Crippen molar-refractivity contribution in [2.75, 3.05) is 0 Å². The molecule has 28 heavy (non-hydrogen) atoms. The molecule has 1 fully saturated rings. The summed E-state index contributed by atoms with van der Waals surface area (Å²) >= 11 is 0. The molecule has 0 unspecified atom stereocenters. The number of rotatable bonds is 1. The van der Waals surface area contributed by atoms with Crippen molar-refractivity contribution in [1.29, 1.82) is 0 Å². The van der Waals surface area contributed by atoms with Crippen LogP contribution in [-0.2, 0) is 18.2 Å². The summed E-state index contributed by atoms with van der Waals surface area (Å²) in [6.45, 7) is 5.45. The van der Waals surface area contributed by atoms with Gasteiger partial charge in [0, 0.05) is 24.2 Å². The van der Waals surface area contributed by atoms with E-state index in [9.17, 15) is 18.0 Å². The molecule has 3 heterocycles. The number of ether oxygens (including phenoxy) is 1. The van der Waals surface area contributed by atoms with Gasteiger partial charge in [-0.1, -0.05) is 0 Å². The molecule has 2 aromatic rings. The summed E-state index contributed by atoms with van der Waals surface area (Å²) in [5.41, 5.74) is 1.74. The van der Waals surface area contributed by atoms with Crippen LogP contribution in [0.5, 0.6) is 0 Å². The molecule has 150 valence electrons. The lowest BCUT2D eigenvalue weighted by molar-refractivity contribution is 0.0121. The zero-order valence-electron chi connectivity index (χ0n) is 16.2. The van der Waals surface area contributed by atoms with E-state index in [4.69, 9.17) is 4.74 Å². The summed E-state index contributed by atoms with van der Waals surface area (Å²) in [5, 5.41) is 4.55. The fraction of sp³-hybridized carbons (Fsp3) is 0.500. The van der Waals surface area contributed by atoms with Gasteiger partial charge in [-0.15, -0.1) is 0 Å². The molecule has 1 aromatic heterocycles. The molecule has 1 aromatic carbocycles. The Morgan fingerprint density at radius 2 is 1.82 bits per heavy atom. The van der Waals surface area contributed by atoms with E-state index in [1.54, 1.807) is 16.6 Å². The lowest BCUT2D eigenvalue weighted by atomic mass is 9.95. The average Bonchev–Trinajstić information content (AvgIpc) is 3.08. The fourth-order valence-corrected chi connectivity index (χ4v) is 4.29. The van der Waals surface area contributed by atoms with Gasteiger partial charge < -0.3 is 4.74 Å². The minimum Gasteiger partial charge on any atom is -0.444 e. The first-order chi connectivity index (χ1) is 13.1. The third kappa shape index (κ3) is 2.95. The van der Waals surface area contributed by atoms with Crippen LogP contribution in [0.2, 0.25) is 0 Å². The van der Waals surface area contributed by atoms with Crippen LogP contribution in [0.3, 0.4) is 0 Å². The highest BCUT2D eigenvalue weighted by Crippen LogP contribution is 2.46. The van der Waals surface area contributed by atoms with E-state index in [1.807, 2.05) is 20.8 Å².